The molecule has 1 aromatic carbocycles. The van der Waals surface area contributed by atoms with Gasteiger partial charge < -0.3 is 9.73 Å². The molecule has 1 amide bonds. The maximum Gasteiger partial charge on any atom is 0.252 e. The largest absolute Gasteiger partial charge is 0.464 e. The number of furan rings is 1. The summed E-state index contributed by atoms with van der Waals surface area (Å²) in [7, 11) is 0. The van der Waals surface area contributed by atoms with Crippen LogP contribution in [0.3, 0.4) is 0 Å². The van der Waals surface area contributed by atoms with E-state index in [-0.39, 0.29) is 17.8 Å². The van der Waals surface area contributed by atoms with Crippen LogP contribution in [0.1, 0.15) is 40.4 Å². The van der Waals surface area contributed by atoms with Gasteiger partial charge in [0.15, 0.2) is 0 Å². The van der Waals surface area contributed by atoms with Gasteiger partial charge in [0, 0.05) is 5.56 Å². The van der Waals surface area contributed by atoms with Crippen LogP contribution < -0.4 is 5.32 Å². The van der Waals surface area contributed by atoms with Gasteiger partial charge in [-0.15, -0.1) is 0 Å². The molecule has 2 aromatic rings. The highest BCUT2D eigenvalue weighted by Gasteiger charge is 2.15. The molecule has 0 radical (unpaired) electrons. The number of hydrogen-bond acceptors (Lipinski definition) is 2. The zero-order valence-electron chi connectivity index (χ0n) is 11.2. The number of halogens is 1. The zero-order chi connectivity index (χ0) is 14.0. The topological polar surface area (TPSA) is 42.2 Å². The molecule has 3 nitrogen and oxygen atoms in total. The first-order valence-corrected chi connectivity index (χ1v) is 6.10. The first-order chi connectivity index (χ1) is 8.97. The summed E-state index contributed by atoms with van der Waals surface area (Å²) >= 11 is 0. The summed E-state index contributed by atoms with van der Waals surface area (Å²) in [4.78, 5) is 12.1. The Hall–Kier alpha value is -2.10. The van der Waals surface area contributed by atoms with Crippen molar-refractivity contribution in [2.75, 3.05) is 0 Å². The summed E-state index contributed by atoms with van der Waals surface area (Å²) in [5.74, 6) is 0.919. The van der Waals surface area contributed by atoms with Gasteiger partial charge in [0.2, 0.25) is 0 Å². The summed E-state index contributed by atoms with van der Waals surface area (Å²) in [5.41, 5.74) is 1.08. The van der Waals surface area contributed by atoms with E-state index in [1.165, 1.54) is 18.2 Å². The molecular weight excluding hydrogens is 245 g/mol. The van der Waals surface area contributed by atoms with Crippen molar-refractivity contribution < 1.29 is 13.6 Å². The highest BCUT2D eigenvalue weighted by atomic mass is 19.1. The molecule has 1 unspecified atom stereocenters. The number of carbonyl (C=O) groups excluding carboxylic acids is 1. The Labute approximate surface area is 111 Å². The van der Waals surface area contributed by atoms with Crippen LogP contribution in [0, 0.1) is 19.7 Å². The molecule has 0 saturated carbocycles. The van der Waals surface area contributed by atoms with Crippen molar-refractivity contribution in [3.05, 3.63) is 58.8 Å². The number of carbonyl (C=O) groups is 1. The van der Waals surface area contributed by atoms with Gasteiger partial charge in [-0.2, -0.15) is 0 Å². The van der Waals surface area contributed by atoms with Crippen LogP contribution in [0.4, 0.5) is 4.39 Å². The molecule has 1 atom stereocenters. The molecule has 0 aliphatic carbocycles. The number of hydrogen-bond donors (Lipinski definition) is 1. The normalized spacial score (nSPS) is 12.2. The summed E-state index contributed by atoms with van der Waals surface area (Å²) in [6, 6.07) is 7.56. The molecule has 1 N–H and O–H groups in total. The molecule has 100 valence electrons. The minimum Gasteiger partial charge on any atom is -0.464 e. The Balaban J connectivity index is 2.12. The Kier molecular flexibility index (Phi) is 3.69. The second-order valence-electron chi connectivity index (χ2n) is 4.60. The van der Waals surface area contributed by atoms with Gasteiger partial charge in [-0.25, -0.2) is 4.39 Å². The fourth-order valence-corrected chi connectivity index (χ4v) is 1.91. The van der Waals surface area contributed by atoms with Gasteiger partial charge in [-0.1, -0.05) is 0 Å². The molecule has 0 spiro atoms. The molecular formula is C15H16FNO2. The van der Waals surface area contributed by atoms with E-state index in [0.717, 1.165) is 5.76 Å². The van der Waals surface area contributed by atoms with Gasteiger partial charge in [0.05, 0.1) is 6.04 Å². The van der Waals surface area contributed by atoms with E-state index in [0.29, 0.717) is 16.9 Å². The van der Waals surface area contributed by atoms with E-state index < -0.39 is 0 Å². The van der Waals surface area contributed by atoms with Crippen molar-refractivity contribution in [2.24, 2.45) is 0 Å². The SMILES string of the molecule is Cc1ccc(C(C)NC(=O)c2ccc(F)cc2C)o1. The van der Waals surface area contributed by atoms with Gasteiger partial charge in [-0.3, -0.25) is 4.79 Å². The second-order valence-corrected chi connectivity index (χ2v) is 4.60. The number of rotatable bonds is 3. The van der Waals surface area contributed by atoms with Crippen LogP contribution in [0.5, 0.6) is 0 Å². The summed E-state index contributed by atoms with van der Waals surface area (Å²) in [6.45, 7) is 5.40. The molecule has 0 saturated heterocycles. The van der Waals surface area contributed by atoms with Crippen LogP contribution in [0.25, 0.3) is 0 Å². The molecule has 0 aliphatic heterocycles. The van der Waals surface area contributed by atoms with Crippen LogP contribution in [0.15, 0.2) is 34.7 Å². The lowest BCUT2D eigenvalue weighted by atomic mass is 10.1. The van der Waals surface area contributed by atoms with Gasteiger partial charge in [0.1, 0.15) is 17.3 Å². The fourth-order valence-electron chi connectivity index (χ4n) is 1.91. The highest BCUT2D eigenvalue weighted by Crippen LogP contribution is 2.17. The lowest BCUT2D eigenvalue weighted by Crippen LogP contribution is -2.27. The number of amides is 1. The third kappa shape index (κ3) is 3.02. The Morgan fingerprint density at radius 1 is 1.26 bits per heavy atom. The molecule has 0 fully saturated rings. The van der Waals surface area contributed by atoms with Gasteiger partial charge >= 0.3 is 0 Å². The minimum absolute atomic E-state index is 0.231. The molecule has 4 heteroatoms. The summed E-state index contributed by atoms with van der Waals surface area (Å²) in [5, 5.41) is 2.83. The first kappa shape index (κ1) is 13.3. The number of nitrogens with one attached hydrogen (secondary N) is 1. The lowest BCUT2D eigenvalue weighted by Gasteiger charge is -2.12. The quantitative estimate of drug-likeness (QED) is 0.918. The summed E-state index contributed by atoms with van der Waals surface area (Å²) < 4.78 is 18.5. The predicted octanol–water partition coefficient (Wildman–Crippen LogP) is 3.53. The average molecular weight is 261 g/mol. The van der Waals surface area contributed by atoms with Gasteiger partial charge in [-0.05, 0) is 56.7 Å². The van der Waals surface area contributed by atoms with Crippen LogP contribution >= 0.6 is 0 Å². The standard InChI is InChI=1S/C15H16FNO2/c1-9-8-12(16)5-6-13(9)15(18)17-11(3)14-7-4-10(2)19-14/h4-8,11H,1-3H3,(H,17,18). The minimum atomic E-state index is -0.344. The molecule has 2 rings (SSSR count). The van der Waals surface area contributed by atoms with E-state index in [2.05, 4.69) is 5.32 Å². The number of benzene rings is 1. The summed E-state index contributed by atoms with van der Waals surface area (Å²) in [6.07, 6.45) is 0. The smallest absolute Gasteiger partial charge is 0.252 e. The zero-order valence-corrected chi connectivity index (χ0v) is 11.2. The molecule has 1 aromatic heterocycles. The third-order valence-corrected chi connectivity index (χ3v) is 2.97. The monoisotopic (exact) mass is 261 g/mol. The van der Waals surface area contributed by atoms with Crippen molar-refractivity contribution >= 4 is 5.91 Å². The maximum absolute atomic E-state index is 13.0. The van der Waals surface area contributed by atoms with Crippen molar-refractivity contribution in [3.8, 4) is 0 Å². The Bertz CT molecular complexity index is 604. The third-order valence-electron chi connectivity index (χ3n) is 2.97. The molecule has 0 aliphatic rings. The highest BCUT2D eigenvalue weighted by molar-refractivity contribution is 5.95. The van der Waals surface area contributed by atoms with E-state index in [1.54, 1.807) is 6.92 Å². The predicted molar refractivity (Wildman–Crippen MR) is 70.5 cm³/mol. The van der Waals surface area contributed by atoms with Crippen LogP contribution in [0.2, 0.25) is 0 Å². The van der Waals surface area contributed by atoms with Gasteiger partial charge in [0.25, 0.3) is 5.91 Å². The van der Waals surface area contributed by atoms with Crippen molar-refractivity contribution in [2.45, 2.75) is 26.8 Å². The fraction of sp³-hybridized carbons (Fsp3) is 0.267. The number of aryl methyl sites for hydroxylation is 2. The first-order valence-electron chi connectivity index (χ1n) is 6.10. The lowest BCUT2D eigenvalue weighted by molar-refractivity contribution is 0.0934. The maximum atomic E-state index is 13.0. The molecule has 0 bridgehead atoms. The molecule has 1 heterocycles. The van der Waals surface area contributed by atoms with Crippen LogP contribution in [-0.4, -0.2) is 5.91 Å². The van der Waals surface area contributed by atoms with E-state index in [4.69, 9.17) is 4.42 Å². The molecule has 19 heavy (non-hydrogen) atoms. The second kappa shape index (κ2) is 5.26. The van der Waals surface area contributed by atoms with E-state index >= 15 is 0 Å². The van der Waals surface area contributed by atoms with E-state index in [9.17, 15) is 9.18 Å². The Morgan fingerprint density at radius 3 is 2.58 bits per heavy atom. The Morgan fingerprint density at radius 2 is 2.00 bits per heavy atom. The van der Waals surface area contributed by atoms with Crippen molar-refractivity contribution in [1.29, 1.82) is 0 Å². The van der Waals surface area contributed by atoms with Crippen molar-refractivity contribution in [1.82, 2.24) is 5.32 Å². The van der Waals surface area contributed by atoms with Crippen molar-refractivity contribution in [3.63, 3.8) is 0 Å². The van der Waals surface area contributed by atoms with Crippen LogP contribution in [-0.2, 0) is 0 Å². The average Bonchev–Trinajstić information content (AvgIpc) is 2.75. The van der Waals surface area contributed by atoms with E-state index in [1.807, 2.05) is 26.0 Å².